The van der Waals surface area contributed by atoms with Crippen LogP contribution in [0.2, 0.25) is 0 Å². The van der Waals surface area contributed by atoms with Crippen molar-refractivity contribution in [2.45, 2.75) is 32.1 Å². The van der Waals surface area contributed by atoms with Crippen LogP contribution < -0.4 is 0 Å². The van der Waals surface area contributed by atoms with E-state index in [1.165, 1.54) is 4.31 Å². The van der Waals surface area contributed by atoms with E-state index >= 15 is 0 Å². The zero-order chi connectivity index (χ0) is 18.9. The molecule has 0 aliphatic carbocycles. The summed E-state index contributed by atoms with van der Waals surface area (Å²) in [5.74, 6) is 0.309. The first-order valence-electron chi connectivity index (χ1n) is 8.55. The van der Waals surface area contributed by atoms with Gasteiger partial charge in [-0.2, -0.15) is 4.31 Å². The summed E-state index contributed by atoms with van der Waals surface area (Å²) < 4.78 is 32.0. The van der Waals surface area contributed by atoms with Gasteiger partial charge in [0.25, 0.3) is 0 Å². The number of carbonyl (C=O) groups is 1. The topological polar surface area (TPSA) is 83.7 Å². The molecule has 26 heavy (non-hydrogen) atoms. The highest BCUT2D eigenvalue weighted by Gasteiger charge is 2.34. The van der Waals surface area contributed by atoms with E-state index in [9.17, 15) is 13.2 Å². The fourth-order valence-corrected chi connectivity index (χ4v) is 4.86. The normalized spacial score (nSPS) is 16.0. The molecule has 1 saturated heterocycles. The van der Waals surface area contributed by atoms with Gasteiger partial charge in [-0.15, -0.1) is 0 Å². The molecule has 0 bridgehead atoms. The van der Waals surface area contributed by atoms with Crippen molar-refractivity contribution < 1.29 is 17.7 Å². The molecule has 0 unspecified atom stereocenters. The molecule has 3 rings (SSSR count). The smallest absolute Gasteiger partial charge is 0.248 e. The largest absolute Gasteiger partial charge is 0.360 e. The van der Waals surface area contributed by atoms with Gasteiger partial charge in [0.2, 0.25) is 15.9 Å². The summed E-state index contributed by atoms with van der Waals surface area (Å²) in [7, 11) is -3.65. The van der Waals surface area contributed by atoms with E-state index in [1.807, 2.05) is 31.2 Å². The van der Waals surface area contributed by atoms with Gasteiger partial charge in [-0.1, -0.05) is 35.0 Å². The van der Waals surface area contributed by atoms with Gasteiger partial charge in [0.15, 0.2) is 5.76 Å². The molecular formula is C18H23N3O4S. The molecule has 8 heteroatoms. The molecule has 1 aromatic carbocycles. The molecule has 1 amide bonds. The van der Waals surface area contributed by atoms with E-state index in [1.54, 1.807) is 18.7 Å². The lowest BCUT2D eigenvalue weighted by Gasteiger charge is -2.34. The predicted octanol–water partition coefficient (Wildman–Crippen LogP) is 1.68. The van der Waals surface area contributed by atoms with Crippen molar-refractivity contribution in [3.63, 3.8) is 0 Å². The molecule has 0 radical (unpaired) electrons. The summed E-state index contributed by atoms with van der Waals surface area (Å²) in [6, 6.07) is 7.87. The maximum absolute atomic E-state index is 12.8. The molecule has 140 valence electrons. The van der Waals surface area contributed by atoms with Crippen molar-refractivity contribution in [1.29, 1.82) is 0 Å². The molecule has 1 fully saturated rings. The zero-order valence-corrected chi connectivity index (χ0v) is 16.0. The summed E-state index contributed by atoms with van der Waals surface area (Å²) in [6.45, 7) is 6.52. The quantitative estimate of drug-likeness (QED) is 0.809. The molecule has 0 spiro atoms. The number of piperazine rings is 1. The molecule has 0 atom stereocenters. The Morgan fingerprint density at radius 3 is 2.23 bits per heavy atom. The Morgan fingerprint density at radius 2 is 1.69 bits per heavy atom. The second kappa shape index (κ2) is 7.20. The van der Waals surface area contributed by atoms with E-state index in [-0.39, 0.29) is 23.9 Å². The number of aromatic nitrogens is 1. The number of sulfonamides is 1. The van der Waals surface area contributed by atoms with Crippen molar-refractivity contribution in [3.05, 3.63) is 46.8 Å². The SMILES string of the molecule is Cc1ccc(CC(=O)N2CCN(S(=O)(=O)c3c(C)noc3C)CC2)cc1. The summed E-state index contributed by atoms with van der Waals surface area (Å²) in [5, 5.41) is 3.73. The minimum atomic E-state index is -3.65. The van der Waals surface area contributed by atoms with Crippen LogP contribution in [-0.4, -0.2) is 54.9 Å². The minimum absolute atomic E-state index is 0.0169. The third-order valence-corrected chi connectivity index (χ3v) is 6.78. The monoisotopic (exact) mass is 377 g/mol. The van der Waals surface area contributed by atoms with E-state index in [0.717, 1.165) is 11.1 Å². The molecule has 1 aromatic heterocycles. The number of hydrogen-bond acceptors (Lipinski definition) is 5. The first-order valence-corrected chi connectivity index (χ1v) is 9.99. The Morgan fingerprint density at radius 1 is 1.08 bits per heavy atom. The summed E-state index contributed by atoms with van der Waals surface area (Å²) in [5.41, 5.74) is 2.48. The number of benzene rings is 1. The predicted molar refractivity (Wildman–Crippen MR) is 96.2 cm³/mol. The lowest BCUT2D eigenvalue weighted by atomic mass is 10.1. The standard InChI is InChI=1S/C18H23N3O4S/c1-13-4-6-16(7-5-13)12-17(22)20-8-10-21(11-9-20)26(23,24)18-14(2)19-25-15(18)3/h4-7H,8-12H2,1-3H3. The van der Waals surface area contributed by atoms with Crippen LogP contribution >= 0.6 is 0 Å². The van der Waals surface area contributed by atoms with Gasteiger partial charge in [-0.25, -0.2) is 8.42 Å². The lowest BCUT2D eigenvalue weighted by molar-refractivity contribution is -0.131. The third kappa shape index (κ3) is 3.66. The Hall–Kier alpha value is -2.19. The van der Waals surface area contributed by atoms with Crippen molar-refractivity contribution in [2.75, 3.05) is 26.2 Å². The summed E-state index contributed by atoms with van der Waals surface area (Å²) >= 11 is 0. The van der Waals surface area contributed by atoms with Gasteiger partial charge < -0.3 is 9.42 Å². The van der Waals surface area contributed by atoms with Crippen molar-refractivity contribution in [1.82, 2.24) is 14.4 Å². The van der Waals surface area contributed by atoms with Crippen LogP contribution in [0.3, 0.4) is 0 Å². The summed E-state index contributed by atoms with van der Waals surface area (Å²) in [6.07, 6.45) is 0.330. The average Bonchev–Trinajstić information content (AvgIpc) is 2.96. The van der Waals surface area contributed by atoms with Crippen molar-refractivity contribution in [3.8, 4) is 0 Å². The van der Waals surface area contributed by atoms with E-state index < -0.39 is 10.0 Å². The van der Waals surface area contributed by atoms with Crippen LogP contribution in [-0.2, 0) is 21.2 Å². The van der Waals surface area contributed by atoms with Gasteiger partial charge in [-0.05, 0) is 26.3 Å². The minimum Gasteiger partial charge on any atom is -0.360 e. The van der Waals surface area contributed by atoms with Crippen LogP contribution in [0.4, 0.5) is 0 Å². The fraction of sp³-hybridized carbons (Fsp3) is 0.444. The van der Waals surface area contributed by atoms with Crippen LogP contribution in [0.25, 0.3) is 0 Å². The second-order valence-corrected chi connectivity index (χ2v) is 8.48. The van der Waals surface area contributed by atoms with Gasteiger partial charge >= 0.3 is 0 Å². The number of hydrogen-bond donors (Lipinski definition) is 0. The maximum Gasteiger partial charge on any atom is 0.248 e. The molecule has 1 aliphatic heterocycles. The van der Waals surface area contributed by atoms with E-state index in [4.69, 9.17) is 4.52 Å². The Bertz CT molecular complexity index is 876. The lowest BCUT2D eigenvalue weighted by Crippen LogP contribution is -2.51. The fourth-order valence-electron chi connectivity index (χ4n) is 3.14. The third-order valence-electron chi connectivity index (χ3n) is 4.63. The highest BCUT2D eigenvalue weighted by Crippen LogP contribution is 2.24. The Kier molecular flexibility index (Phi) is 5.15. The Balaban J connectivity index is 1.63. The second-order valence-electron chi connectivity index (χ2n) is 6.60. The number of carbonyl (C=O) groups excluding carboxylic acids is 1. The molecular weight excluding hydrogens is 354 g/mol. The number of aryl methyl sites for hydroxylation is 3. The van der Waals surface area contributed by atoms with Crippen LogP contribution in [0.5, 0.6) is 0 Å². The molecule has 1 aliphatic rings. The molecule has 2 heterocycles. The van der Waals surface area contributed by atoms with Crippen LogP contribution in [0.1, 0.15) is 22.6 Å². The highest BCUT2D eigenvalue weighted by atomic mass is 32.2. The first kappa shape index (κ1) is 18.6. The van der Waals surface area contributed by atoms with Crippen molar-refractivity contribution >= 4 is 15.9 Å². The maximum atomic E-state index is 12.8. The average molecular weight is 377 g/mol. The van der Waals surface area contributed by atoms with E-state index in [2.05, 4.69) is 5.16 Å². The number of rotatable bonds is 4. The van der Waals surface area contributed by atoms with E-state index in [0.29, 0.717) is 31.0 Å². The number of amides is 1. The highest BCUT2D eigenvalue weighted by molar-refractivity contribution is 7.89. The number of nitrogens with zero attached hydrogens (tertiary/aromatic N) is 3. The zero-order valence-electron chi connectivity index (χ0n) is 15.2. The van der Waals surface area contributed by atoms with Crippen molar-refractivity contribution in [2.24, 2.45) is 0 Å². The van der Waals surface area contributed by atoms with Crippen LogP contribution in [0.15, 0.2) is 33.7 Å². The van der Waals surface area contributed by atoms with Gasteiger partial charge in [0.1, 0.15) is 10.6 Å². The van der Waals surface area contributed by atoms with Gasteiger partial charge in [-0.3, -0.25) is 4.79 Å². The molecule has 0 saturated carbocycles. The molecule has 7 nitrogen and oxygen atoms in total. The Labute approximate surface area is 153 Å². The molecule has 0 N–H and O–H groups in total. The first-order chi connectivity index (χ1) is 12.3. The summed E-state index contributed by atoms with van der Waals surface area (Å²) in [4.78, 5) is 14.3. The van der Waals surface area contributed by atoms with Crippen LogP contribution in [0, 0.1) is 20.8 Å². The van der Waals surface area contributed by atoms with Gasteiger partial charge in [0.05, 0.1) is 6.42 Å². The molecule has 2 aromatic rings. The van der Waals surface area contributed by atoms with Gasteiger partial charge in [0, 0.05) is 26.2 Å².